The van der Waals surface area contributed by atoms with Gasteiger partial charge in [-0.05, 0) is 42.8 Å². The highest BCUT2D eigenvalue weighted by molar-refractivity contribution is 6.42. The zero-order valence-electron chi connectivity index (χ0n) is 16.5. The predicted molar refractivity (Wildman–Crippen MR) is 119 cm³/mol. The number of urea groups is 1. The Morgan fingerprint density at radius 2 is 1.97 bits per heavy atom. The summed E-state index contributed by atoms with van der Waals surface area (Å²) < 4.78 is 7.47. The van der Waals surface area contributed by atoms with Crippen LogP contribution in [-0.4, -0.2) is 34.1 Å². The molecule has 0 spiro atoms. The number of aromatic nitrogens is 2. The van der Waals surface area contributed by atoms with Crippen molar-refractivity contribution in [1.29, 1.82) is 0 Å². The SMILES string of the molecule is COc1cc(N2CC=CN(Cc3ccc(Cl)c(Cl)c3)C2=O)ccc1-n1cnc(C)c1. The Kier molecular flexibility index (Phi) is 5.70. The van der Waals surface area contributed by atoms with Gasteiger partial charge in [0.05, 0.1) is 41.4 Å². The number of rotatable bonds is 5. The van der Waals surface area contributed by atoms with E-state index in [2.05, 4.69) is 4.98 Å². The maximum absolute atomic E-state index is 13.1. The summed E-state index contributed by atoms with van der Waals surface area (Å²) in [6.45, 7) is 2.80. The lowest BCUT2D eigenvalue weighted by atomic mass is 10.2. The number of ether oxygens (including phenoxy) is 1. The minimum Gasteiger partial charge on any atom is -0.494 e. The molecule has 4 rings (SSSR count). The first-order chi connectivity index (χ1) is 14.5. The average Bonchev–Trinajstić information content (AvgIpc) is 3.18. The number of amides is 2. The van der Waals surface area contributed by atoms with E-state index < -0.39 is 0 Å². The molecule has 0 N–H and O–H groups in total. The Bertz CT molecular complexity index is 1130. The molecule has 2 aromatic carbocycles. The van der Waals surface area contributed by atoms with Crippen LogP contribution < -0.4 is 9.64 Å². The third-order valence-corrected chi connectivity index (χ3v) is 5.59. The van der Waals surface area contributed by atoms with Crippen LogP contribution in [0.2, 0.25) is 10.0 Å². The van der Waals surface area contributed by atoms with E-state index in [1.54, 1.807) is 41.6 Å². The number of halogens is 2. The molecular formula is C22H20Cl2N4O2. The lowest BCUT2D eigenvalue weighted by molar-refractivity contribution is 0.218. The Morgan fingerprint density at radius 1 is 1.13 bits per heavy atom. The Balaban J connectivity index is 1.58. The number of anilines is 1. The van der Waals surface area contributed by atoms with Crippen molar-refractivity contribution in [2.24, 2.45) is 0 Å². The summed E-state index contributed by atoms with van der Waals surface area (Å²) >= 11 is 12.1. The van der Waals surface area contributed by atoms with Gasteiger partial charge in [0.25, 0.3) is 0 Å². The fraction of sp³-hybridized carbons (Fsp3) is 0.182. The van der Waals surface area contributed by atoms with Crippen molar-refractivity contribution in [3.63, 3.8) is 0 Å². The summed E-state index contributed by atoms with van der Waals surface area (Å²) in [5.41, 5.74) is 3.42. The first-order valence-electron chi connectivity index (χ1n) is 9.34. The smallest absolute Gasteiger partial charge is 0.329 e. The minimum atomic E-state index is -0.128. The van der Waals surface area contributed by atoms with Crippen LogP contribution in [0.4, 0.5) is 10.5 Å². The number of aryl methyl sites for hydroxylation is 1. The molecule has 30 heavy (non-hydrogen) atoms. The zero-order chi connectivity index (χ0) is 21.3. The molecule has 2 amide bonds. The number of imidazole rings is 1. The summed E-state index contributed by atoms with van der Waals surface area (Å²) in [6, 6.07) is 10.9. The normalized spacial score (nSPS) is 13.8. The van der Waals surface area contributed by atoms with E-state index in [0.29, 0.717) is 28.9 Å². The zero-order valence-corrected chi connectivity index (χ0v) is 18.1. The molecule has 0 fully saturated rings. The molecule has 0 atom stereocenters. The van der Waals surface area contributed by atoms with Crippen LogP contribution in [0.1, 0.15) is 11.3 Å². The number of carbonyl (C=O) groups excluding carboxylic acids is 1. The first-order valence-corrected chi connectivity index (χ1v) is 10.1. The Labute approximate surface area is 184 Å². The molecule has 8 heteroatoms. The van der Waals surface area contributed by atoms with Gasteiger partial charge >= 0.3 is 6.03 Å². The molecule has 0 bridgehead atoms. The molecule has 0 saturated carbocycles. The Morgan fingerprint density at radius 3 is 2.67 bits per heavy atom. The van der Waals surface area contributed by atoms with Crippen LogP contribution in [0.5, 0.6) is 5.75 Å². The molecule has 0 unspecified atom stereocenters. The quantitative estimate of drug-likeness (QED) is 0.527. The number of nitrogens with zero attached hydrogens (tertiary/aromatic N) is 4. The van der Waals surface area contributed by atoms with Crippen molar-refractivity contribution in [2.75, 3.05) is 18.6 Å². The maximum Gasteiger partial charge on any atom is 0.329 e. The van der Waals surface area contributed by atoms with E-state index in [0.717, 1.165) is 22.6 Å². The van der Waals surface area contributed by atoms with E-state index in [4.69, 9.17) is 27.9 Å². The Hall–Kier alpha value is -2.96. The van der Waals surface area contributed by atoms with Gasteiger partial charge < -0.3 is 9.30 Å². The van der Waals surface area contributed by atoms with Gasteiger partial charge in [0.1, 0.15) is 5.75 Å². The van der Waals surface area contributed by atoms with Crippen LogP contribution in [0.3, 0.4) is 0 Å². The topological polar surface area (TPSA) is 50.6 Å². The lowest BCUT2D eigenvalue weighted by Gasteiger charge is -2.32. The first kappa shape index (κ1) is 20.3. The third-order valence-electron chi connectivity index (χ3n) is 4.85. The number of benzene rings is 2. The van der Waals surface area contributed by atoms with E-state index in [9.17, 15) is 4.79 Å². The molecule has 154 valence electrons. The second-order valence-corrected chi connectivity index (χ2v) is 7.75. The standard InChI is InChI=1S/C22H20Cl2N4O2/c1-15-12-27(14-25-15)20-7-5-17(11-21(20)30-2)28-9-3-8-26(22(28)29)13-16-4-6-18(23)19(24)10-16/h3-8,10-12,14H,9,13H2,1-2H3. The van der Waals surface area contributed by atoms with Gasteiger partial charge in [0.2, 0.25) is 0 Å². The second kappa shape index (κ2) is 8.42. The van der Waals surface area contributed by atoms with E-state index in [-0.39, 0.29) is 6.03 Å². The monoisotopic (exact) mass is 442 g/mol. The fourth-order valence-corrected chi connectivity index (χ4v) is 3.67. The number of methoxy groups -OCH3 is 1. The van der Waals surface area contributed by atoms with Gasteiger partial charge in [-0.15, -0.1) is 0 Å². The maximum atomic E-state index is 13.1. The molecule has 0 radical (unpaired) electrons. The van der Waals surface area contributed by atoms with Gasteiger partial charge in [0.15, 0.2) is 0 Å². The molecule has 0 saturated heterocycles. The molecule has 3 aromatic rings. The van der Waals surface area contributed by atoms with E-state index >= 15 is 0 Å². The average molecular weight is 443 g/mol. The van der Waals surface area contributed by atoms with Crippen LogP contribution in [0.15, 0.2) is 61.2 Å². The lowest BCUT2D eigenvalue weighted by Crippen LogP contribution is -2.43. The molecular weight excluding hydrogens is 423 g/mol. The predicted octanol–water partition coefficient (Wildman–Crippen LogP) is 5.45. The summed E-state index contributed by atoms with van der Waals surface area (Å²) in [4.78, 5) is 20.7. The van der Waals surface area contributed by atoms with Gasteiger partial charge in [-0.2, -0.15) is 0 Å². The third kappa shape index (κ3) is 4.01. The summed E-state index contributed by atoms with van der Waals surface area (Å²) in [7, 11) is 1.61. The number of hydrogen-bond acceptors (Lipinski definition) is 3. The summed E-state index contributed by atoms with van der Waals surface area (Å²) in [5, 5.41) is 0.956. The largest absolute Gasteiger partial charge is 0.494 e. The van der Waals surface area contributed by atoms with Gasteiger partial charge in [-0.25, -0.2) is 9.78 Å². The van der Waals surface area contributed by atoms with Crippen LogP contribution in [0.25, 0.3) is 5.69 Å². The molecule has 2 heterocycles. The van der Waals surface area contributed by atoms with E-state index in [1.165, 1.54) is 0 Å². The van der Waals surface area contributed by atoms with Crippen LogP contribution >= 0.6 is 23.2 Å². The van der Waals surface area contributed by atoms with Crippen molar-refractivity contribution in [3.05, 3.63) is 82.5 Å². The fourth-order valence-electron chi connectivity index (χ4n) is 3.35. The molecule has 1 aliphatic rings. The van der Waals surface area contributed by atoms with Gasteiger partial charge in [-0.1, -0.05) is 29.3 Å². The minimum absolute atomic E-state index is 0.128. The van der Waals surface area contributed by atoms with Crippen molar-refractivity contribution in [3.8, 4) is 11.4 Å². The highest BCUT2D eigenvalue weighted by Crippen LogP contribution is 2.31. The second-order valence-electron chi connectivity index (χ2n) is 6.93. The van der Waals surface area contributed by atoms with Crippen molar-refractivity contribution in [1.82, 2.24) is 14.5 Å². The molecule has 1 aliphatic heterocycles. The van der Waals surface area contributed by atoms with Gasteiger partial charge in [0, 0.05) is 30.7 Å². The number of hydrogen-bond donors (Lipinski definition) is 0. The van der Waals surface area contributed by atoms with Crippen LogP contribution in [0, 0.1) is 6.92 Å². The van der Waals surface area contributed by atoms with Crippen molar-refractivity contribution >= 4 is 34.9 Å². The van der Waals surface area contributed by atoms with Crippen molar-refractivity contribution < 1.29 is 9.53 Å². The van der Waals surface area contributed by atoms with Crippen molar-refractivity contribution in [2.45, 2.75) is 13.5 Å². The molecule has 1 aromatic heterocycles. The highest BCUT2D eigenvalue weighted by Gasteiger charge is 2.25. The van der Waals surface area contributed by atoms with Gasteiger partial charge in [-0.3, -0.25) is 9.80 Å². The van der Waals surface area contributed by atoms with E-state index in [1.807, 2.05) is 48.0 Å². The van der Waals surface area contributed by atoms with Crippen LogP contribution in [-0.2, 0) is 6.54 Å². The molecule has 0 aliphatic carbocycles. The summed E-state index contributed by atoms with van der Waals surface area (Å²) in [6.07, 6.45) is 7.39. The summed E-state index contributed by atoms with van der Waals surface area (Å²) in [5.74, 6) is 0.656. The molecule has 6 nitrogen and oxygen atoms in total. The highest BCUT2D eigenvalue weighted by atomic mass is 35.5. The number of carbonyl (C=O) groups is 1.